The van der Waals surface area contributed by atoms with Crippen molar-refractivity contribution in [1.82, 2.24) is 9.13 Å². The highest BCUT2D eigenvalue weighted by molar-refractivity contribution is 7.99. The first-order chi connectivity index (χ1) is 11.2. The Labute approximate surface area is 140 Å². The van der Waals surface area contributed by atoms with Crippen LogP contribution in [0.15, 0.2) is 44.9 Å². The number of rotatable bonds is 5. The van der Waals surface area contributed by atoms with Crippen molar-refractivity contribution in [3.05, 3.63) is 51.2 Å². The first-order valence-electron chi connectivity index (χ1n) is 8.30. The molecule has 23 heavy (non-hydrogen) atoms. The maximum absolute atomic E-state index is 13.0. The first kappa shape index (κ1) is 16.1. The van der Waals surface area contributed by atoms with Gasteiger partial charge in [-0.2, -0.15) is 0 Å². The van der Waals surface area contributed by atoms with Gasteiger partial charge in [-0.25, -0.2) is 4.79 Å². The van der Waals surface area contributed by atoms with Crippen LogP contribution >= 0.6 is 11.8 Å². The van der Waals surface area contributed by atoms with Gasteiger partial charge in [-0.05, 0) is 18.4 Å². The number of nitrogens with zero attached hydrogens (tertiary/aromatic N) is 2. The lowest BCUT2D eigenvalue weighted by molar-refractivity contribution is 0.490. The molecule has 0 fully saturated rings. The van der Waals surface area contributed by atoms with Crippen LogP contribution in [0, 0.1) is 0 Å². The summed E-state index contributed by atoms with van der Waals surface area (Å²) in [6, 6.07) is 9.72. The Kier molecular flexibility index (Phi) is 5.06. The number of fused-ring (bicyclic) bond motifs is 1. The van der Waals surface area contributed by atoms with Gasteiger partial charge in [-0.15, -0.1) is 11.8 Å². The van der Waals surface area contributed by atoms with Crippen LogP contribution in [0.25, 0.3) is 11.1 Å². The largest absolute Gasteiger partial charge is 0.331 e. The van der Waals surface area contributed by atoms with E-state index >= 15 is 0 Å². The molecule has 0 saturated carbocycles. The summed E-state index contributed by atoms with van der Waals surface area (Å²) in [5.41, 5.74) is 1.30. The fraction of sp³-hybridized carbons (Fsp3) is 0.444. The second kappa shape index (κ2) is 7.21. The monoisotopic (exact) mass is 330 g/mol. The maximum Gasteiger partial charge on any atom is 0.331 e. The van der Waals surface area contributed by atoms with E-state index in [2.05, 4.69) is 6.92 Å². The predicted octanol–water partition coefficient (Wildman–Crippen LogP) is 3.36. The summed E-state index contributed by atoms with van der Waals surface area (Å²) in [5, 5.41) is 0.837. The molecule has 5 heteroatoms. The van der Waals surface area contributed by atoms with E-state index in [1.165, 1.54) is 4.57 Å². The van der Waals surface area contributed by atoms with Crippen molar-refractivity contribution in [2.24, 2.45) is 0 Å². The number of unbranched alkanes of at least 4 members (excludes halogenated alkanes) is 2. The van der Waals surface area contributed by atoms with Gasteiger partial charge in [0, 0.05) is 18.8 Å². The SMILES string of the molecule is CCCCCn1c(=O)c(-c2ccccc2)c2n(c1=O)CCCS2. The maximum atomic E-state index is 13.0. The zero-order valence-electron chi connectivity index (χ0n) is 13.5. The molecular weight excluding hydrogens is 308 g/mol. The highest BCUT2D eigenvalue weighted by Crippen LogP contribution is 2.31. The minimum atomic E-state index is -0.145. The summed E-state index contributed by atoms with van der Waals surface area (Å²) in [4.78, 5) is 25.7. The van der Waals surface area contributed by atoms with Gasteiger partial charge >= 0.3 is 5.69 Å². The van der Waals surface area contributed by atoms with Crippen molar-refractivity contribution in [3.8, 4) is 11.1 Å². The lowest BCUT2D eigenvalue weighted by Gasteiger charge is -2.22. The topological polar surface area (TPSA) is 44.0 Å². The highest BCUT2D eigenvalue weighted by atomic mass is 32.2. The van der Waals surface area contributed by atoms with Crippen LogP contribution in [0.2, 0.25) is 0 Å². The number of hydrogen-bond donors (Lipinski definition) is 0. The van der Waals surface area contributed by atoms with Gasteiger partial charge in [-0.3, -0.25) is 13.9 Å². The van der Waals surface area contributed by atoms with Gasteiger partial charge in [0.05, 0.1) is 10.6 Å². The van der Waals surface area contributed by atoms with E-state index in [0.29, 0.717) is 18.7 Å². The molecular formula is C18H22N2O2S. The van der Waals surface area contributed by atoms with Gasteiger partial charge in [0.25, 0.3) is 5.56 Å². The summed E-state index contributed by atoms with van der Waals surface area (Å²) in [5.74, 6) is 0.957. The van der Waals surface area contributed by atoms with E-state index in [1.807, 2.05) is 30.3 Å². The Hall–Kier alpha value is -1.75. The van der Waals surface area contributed by atoms with Gasteiger partial charge < -0.3 is 0 Å². The third-order valence-corrected chi connectivity index (χ3v) is 5.38. The molecule has 4 nitrogen and oxygen atoms in total. The highest BCUT2D eigenvalue weighted by Gasteiger charge is 2.22. The summed E-state index contributed by atoms with van der Waals surface area (Å²) in [6.45, 7) is 3.33. The van der Waals surface area contributed by atoms with Crippen molar-refractivity contribution in [2.75, 3.05) is 5.75 Å². The molecule has 0 aliphatic carbocycles. The van der Waals surface area contributed by atoms with Crippen LogP contribution in [0.4, 0.5) is 0 Å². The average Bonchev–Trinajstić information content (AvgIpc) is 2.59. The standard InChI is InChI=1S/C18H22N2O2S/c1-2-3-7-11-19-16(21)15(14-9-5-4-6-10-14)17-20(18(19)22)12-8-13-23-17/h4-6,9-10H,2-3,7-8,11-13H2,1H3. The van der Waals surface area contributed by atoms with E-state index in [-0.39, 0.29) is 11.2 Å². The van der Waals surface area contributed by atoms with Crippen LogP contribution in [0.1, 0.15) is 32.6 Å². The summed E-state index contributed by atoms with van der Waals surface area (Å²) in [7, 11) is 0. The third-order valence-electron chi connectivity index (χ3n) is 4.19. The van der Waals surface area contributed by atoms with Crippen LogP contribution < -0.4 is 11.2 Å². The Bertz CT molecular complexity index is 793. The zero-order chi connectivity index (χ0) is 16.2. The molecule has 2 aromatic rings. The minimum Gasteiger partial charge on any atom is -0.287 e. The second-order valence-corrected chi connectivity index (χ2v) is 6.93. The van der Waals surface area contributed by atoms with Gasteiger partial charge in [0.15, 0.2) is 0 Å². The van der Waals surface area contributed by atoms with E-state index in [9.17, 15) is 9.59 Å². The Morgan fingerprint density at radius 2 is 1.91 bits per heavy atom. The molecule has 122 valence electrons. The quantitative estimate of drug-likeness (QED) is 0.624. The molecule has 0 spiro atoms. The van der Waals surface area contributed by atoms with Gasteiger partial charge in [0.2, 0.25) is 0 Å². The molecule has 3 rings (SSSR count). The molecule has 0 radical (unpaired) electrons. The number of hydrogen-bond acceptors (Lipinski definition) is 3. The summed E-state index contributed by atoms with van der Waals surface area (Å²) < 4.78 is 3.23. The molecule has 2 heterocycles. The lowest BCUT2D eigenvalue weighted by Crippen LogP contribution is -2.42. The first-order valence-corrected chi connectivity index (χ1v) is 9.28. The number of aromatic nitrogens is 2. The van der Waals surface area contributed by atoms with Crippen LogP contribution in [-0.4, -0.2) is 14.9 Å². The molecule has 1 aromatic heterocycles. The van der Waals surface area contributed by atoms with Gasteiger partial charge in [0.1, 0.15) is 0 Å². The third kappa shape index (κ3) is 3.15. The fourth-order valence-corrected chi connectivity index (χ4v) is 4.13. The Morgan fingerprint density at radius 1 is 1.13 bits per heavy atom. The van der Waals surface area contributed by atoms with Crippen molar-refractivity contribution in [1.29, 1.82) is 0 Å². The predicted molar refractivity (Wildman–Crippen MR) is 95.3 cm³/mol. The Morgan fingerprint density at radius 3 is 2.65 bits per heavy atom. The van der Waals surface area contributed by atoms with E-state index in [1.54, 1.807) is 16.3 Å². The molecule has 0 bridgehead atoms. The molecule has 1 aromatic carbocycles. The van der Waals surface area contributed by atoms with E-state index < -0.39 is 0 Å². The smallest absolute Gasteiger partial charge is 0.287 e. The molecule has 0 amide bonds. The summed E-state index contributed by atoms with van der Waals surface area (Å²) in [6.07, 6.45) is 3.94. The molecule has 1 aliphatic rings. The average molecular weight is 330 g/mol. The molecule has 1 aliphatic heterocycles. The molecule has 0 atom stereocenters. The van der Waals surface area contributed by atoms with Crippen LogP contribution in [0.5, 0.6) is 0 Å². The molecule has 0 saturated heterocycles. The normalized spacial score (nSPS) is 13.8. The number of benzene rings is 1. The van der Waals surface area contributed by atoms with Crippen molar-refractivity contribution < 1.29 is 0 Å². The van der Waals surface area contributed by atoms with E-state index in [0.717, 1.165) is 42.0 Å². The summed E-state index contributed by atoms with van der Waals surface area (Å²) >= 11 is 1.63. The fourth-order valence-electron chi connectivity index (χ4n) is 2.99. The van der Waals surface area contributed by atoms with Crippen LogP contribution in [0.3, 0.4) is 0 Å². The van der Waals surface area contributed by atoms with Crippen LogP contribution in [-0.2, 0) is 13.1 Å². The lowest BCUT2D eigenvalue weighted by atomic mass is 10.1. The van der Waals surface area contributed by atoms with Crippen molar-refractivity contribution in [3.63, 3.8) is 0 Å². The van der Waals surface area contributed by atoms with Crippen molar-refractivity contribution >= 4 is 11.8 Å². The number of thioether (sulfide) groups is 1. The minimum absolute atomic E-state index is 0.141. The zero-order valence-corrected chi connectivity index (χ0v) is 14.3. The molecule has 0 N–H and O–H groups in total. The molecule has 0 unspecified atom stereocenters. The van der Waals surface area contributed by atoms with Gasteiger partial charge in [-0.1, -0.05) is 50.1 Å². The van der Waals surface area contributed by atoms with Crippen molar-refractivity contribution in [2.45, 2.75) is 50.7 Å². The second-order valence-electron chi connectivity index (χ2n) is 5.85. The Balaban J connectivity index is 2.19. The van der Waals surface area contributed by atoms with E-state index in [4.69, 9.17) is 0 Å².